The van der Waals surface area contributed by atoms with Crippen LogP contribution in [0.5, 0.6) is 11.5 Å². The van der Waals surface area contributed by atoms with E-state index in [-0.39, 0.29) is 5.75 Å². The molecule has 3 heteroatoms. The second-order valence-corrected chi connectivity index (χ2v) is 2.26. The van der Waals surface area contributed by atoms with Crippen molar-refractivity contribution >= 4 is 5.97 Å². The van der Waals surface area contributed by atoms with Crippen LogP contribution in [-0.4, -0.2) is 11.1 Å². The van der Waals surface area contributed by atoms with Crippen LogP contribution >= 0.6 is 0 Å². The molecule has 0 amide bonds. The standard InChI is InChI=1S/C10H8O3/c1-2-3-10(12)13-9-6-4-8(11)5-7-9/h3-7,11H,1H2. The Hall–Kier alpha value is -1.99. The first-order valence-electron chi connectivity index (χ1n) is 3.59. The summed E-state index contributed by atoms with van der Waals surface area (Å²) in [4.78, 5) is 10.9. The number of aromatic hydroxyl groups is 1. The van der Waals surface area contributed by atoms with E-state index in [0.29, 0.717) is 5.75 Å². The minimum atomic E-state index is -0.541. The molecule has 0 aliphatic carbocycles. The van der Waals surface area contributed by atoms with Gasteiger partial charge in [-0.15, -0.1) is 5.73 Å². The Labute approximate surface area is 75.6 Å². The predicted octanol–water partition coefficient (Wildman–Crippen LogP) is 1.64. The summed E-state index contributed by atoms with van der Waals surface area (Å²) in [6.45, 7) is 3.24. The van der Waals surface area contributed by atoms with Crippen molar-refractivity contribution in [3.63, 3.8) is 0 Å². The normalized spacial score (nSPS) is 8.62. The lowest BCUT2D eigenvalue weighted by atomic mass is 10.3. The second-order valence-electron chi connectivity index (χ2n) is 2.26. The molecule has 0 atom stereocenters. The van der Waals surface area contributed by atoms with Crippen molar-refractivity contribution in [2.75, 3.05) is 0 Å². The van der Waals surface area contributed by atoms with Gasteiger partial charge in [-0.25, -0.2) is 4.79 Å². The van der Waals surface area contributed by atoms with Crippen LogP contribution in [0.2, 0.25) is 0 Å². The number of hydrogen-bond acceptors (Lipinski definition) is 3. The SMILES string of the molecule is C=C=CC(=O)Oc1ccc(O)cc1. The fourth-order valence-corrected chi connectivity index (χ4v) is 0.743. The summed E-state index contributed by atoms with van der Waals surface area (Å²) in [6.07, 6.45) is 1.09. The highest BCUT2D eigenvalue weighted by atomic mass is 16.5. The van der Waals surface area contributed by atoms with E-state index in [1.165, 1.54) is 24.3 Å². The van der Waals surface area contributed by atoms with E-state index < -0.39 is 5.97 Å². The summed E-state index contributed by atoms with van der Waals surface area (Å²) in [5, 5.41) is 8.92. The van der Waals surface area contributed by atoms with Gasteiger partial charge in [0.05, 0.1) is 6.08 Å². The first-order chi connectivity index (χ1) is 6.22. The Morgan fingerprint density at radius 2 is 2.08 bits per heavy atom. The summed E-state index contributed by atoms with van der Waals surface area (Å²) in [6, 6.07) is 5.84. The topological polar surface area (TPSA) is 46.5 Å². The summed E-state index contributed by atoms with van der Waals surface area (Å²) in [7, 11) is 0. The van der Waals surface area contributed by atoms with Gasteiger partial charge >= 0.3 is 5.97 Å². The van der Waals surface area contributed by atoms with Gasteiger partial charge in [0.25, 0.3) is 0 Å². The molecular formula is C10H8O3. The third-order valence-corrected chi connectivity index (χ3v) is 1.28. The Bertz CT molecular complexity index is 345. The number of ether oxygens (including phenoxy) is 1. The molecule has 0 saturated heterocycles. The minimum absolute atomic E-state index is 0.124. The number of phenols is 1. The largest absolute Gasteiger partial charge is 0.508 e. The Kier molecular flexibility index (Phi) is 2.90. The number of carbonyl (C=O) groups is 1. The molecule has 1 N–H and O–H groups in total. The van der Waals surface area contributed by atoms with Crippen LogP contribution in [0.1, 0.15) is 0 Å². The highest BCUT2D eigenvalue weighted by Crippen LogP contribution is 2.15. The molecule has 0 unspecified atom stereocenters. The van der Waals surface area contributed by atoms with Gasteiger partial charge in [-0.3, -0.25) is 0 Å². The van der Waals surface area contributed by atoms with Crippen LogP contribution in [0.25, 0.3) is 0 Å². The number of carbonyl (C=O) groups excluding carboxylic acids is 1. The van der Waals surface area contributed by atoms with Gasteiger partial charge in [0, 0.05) is 0 Å². The monoisotopic (exact) mass is 176 g/mol. The molecule has 0 bridgehead atoms. The Balaban J connectivity index is 2.69. The molecule has 1 aromatic carbocycles. The Morgan fingerprint density at radius 3 is 2.62 bits per heavy atom. The van der Waals surface area contributed by atoms with Crippen molar-refractivity contribution in [1.82, 2.24) is 0 Å². The van der Waals surface area contributed by atoms with Crippen molar-refractivity contribution in [3.05, 3.63) is 42.7 Å². The molecule has 0 saturated carbocycles. The maximum Gasteiger partial charge on any atom is 0.343 e. The summed E-state index contributed by atoms with van der Waals surface area (Å²) in [5.74, 6) is -0.0472. The molecule has 3 nitrogen and oxygen atoms in total. The van der Waals surface area contributed by atoms with E-state index in [1.807, 2.05) is 0 Å². The van der Waals surface area contributed by atoms with Crippen LogP contribution < -0.4 is 4.74 Å². The lowest BCUT2D eigenvalue weighted by Crippen LogP contribution is -2.02. The average molecular weight is 176 g/mol. The number of phenolic OH excluding ortho intramolecular Hbond substituents is 1. The van der Waals surface area contributed by atoms with E-state index in [1.54, 1.807) is 0 Å². The van der Waals surface area contributed by atoms with E-state index in [2.05, 4.69) is 12.3 Å². The van der Waals surface area contributed by atoms with Crippen molar-refractivity contribution < 1.29 is 14.6 Å². The molecule has 0 fully saturated rings. The van der Waals surface area contributed by atoms with Crippen LogP contribution in [0.15, 0.2) is 42.7 Å². The molecule has 0 radical (unpaired) electrons. The summed E-state index contributed by atoms with van der Waals surface area (Å²) < 4.78 is 4.80. The number of rotatable bonds is 2. The van der Waals surface area contributed by atoms with Crippen molar-refractivity contribution in [2.45, 2.75) is 0 Å². The highest BCUT2D eigenvalue weighted by molar-refractivity contribution is 5.83. The highest BCUT2D eigenvalue weighted by Gasteiger charge is 1.98. The van der Waals surface area contributed by atoms with Crippen molar-refractivity contribution in [1.29, 1.82) is 0 Å². The van der Waals surface area contributed by atoms with Gasteiger partial charge in [0.2, 0.25) is 0 Å². The maximum absolute atomic E-state index is 10.9. The molecule has 0 spiro atoms. The molecular weight excluding hydrogens is 168 g/mol. The third-order valence-electron chi connectivity index (χ3n) is 1.28. The van der Waals surface area contributed by atoms with Gasteiger partial charge < -0.3 is 9.84 Å². The van der Waals surface area contributed by atoms with E-state index in [4.69, 9.17) is 9.84 Å². The lowest BCUT2D eigenvalue weighted by Gasteiger charge is -1.99. The molecule has 13 heavy (non-hydrogen) atoms. The molecule has 0 aromatic heterocycles. The number of esters is 1. The lowest BCUT2D eigenvalue weighted by molar-refractivity contribution is -0.128. The van der Waals surface area contributed by atoms with Crippen LogP contribution in [0.4, 0.5) is 0 Å². The van der Waals surface area contributed by atoms with Gasteiger partial charge in [0.1, 0.15) is 11.5 Å². The average Bonchev–Trinajstić information content (AvgIpc) is 2.09. The molecule has 1 rings (SSSR count). The van der Waals surface area contributed by atoms with E-state index >= 15 is 0 Å². The van der Waals surface area contributed by atoms with Gasteiger partial charge in [-0.05, 0) is 24.3 Å². The number of hydrogen-bond donors (Lipinski definition) is 1. The molecule has 66 valence electrons. The van der Waals surface area contributed by atoms with Crippen molar-refractivity contribution in [3.8, 4) is 11.5 Å². The first kappa shape index (κ1) is 9.10. The third kappa shape index (κ3) is 2.85. The summed E-state index contributed by atoms with van der Waals surface area (Å²) >= 11 is 0. The van der Waals surface area contributed by atoms with Gasteiger partial charge in [0.15, 0.2) is 0 Å². The molecule has 0 heterocycles. The van der Waals surface area contributed by atoms with Gasteiger partial charge in [-0.1, -0.05) is 6.58 Å². The second kappa shape index (κ2) is 4.14. The quantitative estimate of drug-likeness (QED) is 0.322. The zero-order chi connectivity index (χ0) is 9.68. The zero-order valence-corrected chi connectivity index (χ0v) is 6.86. The number of benzene rings is 1. The summed E-state index contributed by atoms with van der Waals surface area (Å²) in [5.41, 5.74) is 2.30. The predicted molar refractivity (Wildman–Crippen MR) is 47.5 cm³/mol. The van der Waals surface area contributed by atoms with E-state index in [9.17, 15) is 4.79 Å². The van der Waals surface area contributed by atoms with Crippen LogP contribution in [0, 0.1) is 0 Å². The van der Waals surface area contributed by atoms with Crippen LogP contribution in [-0.2, 0) is 4.79 Å². The smallest absolute Gasteiger partial charge is 0.343 e. The molecule has 0 aliphatic rings. The Morgan fingerprint density at radius 1 is 1.46 bits per heavy atom. The molecule has 1 aromatic rings. The van der Waals surface area contributed by atoms with Crippen molar-refractivity contribution in [2.24, 2.45) is 0 Å². The fourth-order valence-electron chi connectivity index (χ4n) is 0.743. The van der Waals surface area contributed by atoms with Crippen LogP contribution in [0.3, 0.4) is 0 Å². The zero-order valence-electron chi connectivity index (χ0n) is 6.86. The minimum Gasteiger partial charge on any atom is -0.508 e. The van der Waals surface area contributed by atoms with E-state index in [0.717, 1.165) is 6.08 Å². The maximum atomic E-state index is 10.9. The first-order valence-corrected chi connectivity index (χ1v) is 3.59. The van der Waals surface area contributed by atoms with Gasteiger partial charge in [-0.2, -0.15) is 0 Å². The fraction of sp³-hybridized carbons (Fsp3) is 0. The molecule has 0 aliphatic heterocycles.